The smallest absolute Gasteiger partial charge is 0.129 e. The van der Waals surface area contributed by atoms with E-state index in [1.807, 2.05) is 30.8 Å². The van der Waals surface area contributed by atoms with Crippen LogP contribution >= 0.6 is 11.3 Å². The van der Waals surface area contributed by atoms with Gasteiger partial charge in [0.25, 0.3) is 0 Å². The number of rotatable bonds is 4. The zero-order valence-electron chi connectivity index (χ0n) is 11.5. The van der Waals surface area contributed by atoms with Crippen LogP contribution in [0.4, 0.5) is 0 Å². The lowest BCUT2D eigenvalue weighted by Gasteiger charge is -2.17. The standard InChI is InChI=1S/C16H16N2OS/c1-17-16(15-9-11(19-2)10-20-15)13-5-3-7-14-12(13)6-4-8-18-14/h3-10,16-17H,1-2H3. The maximum atomic E-state index is 5.28. The second kappa shape index (κ2) is 5.61. The zero-order chi connectivity index (χ0) is 13.9. The lowest BCUT2D eigenvalue weighted by Crippen LogP contribution is -2.16. The van der Waals surface area contributed by atoms with Gasteiger partial charge in [-0.2, -0.15) is 0 Å². The fourth-order valence-corrected chi connectivity index (χ4v) is 3.40. The second-order valence-electron chi connectivity index (χ2n) is 4.53. The molecule has 1 atom stereocenters. The highest BCUT2D eigenvalue weighted by atomic mass is 32.1. The number of nitrogens with zero attached hydrogens (tertiary/aromatic N) is 1. The number of fused-ring (bicyclic) bond motifs is 1. The number of pyridine rings is 1. The van der Waals surface area contributed by atoms with E-state index in [1.165, 1.54) is 15.8 Å². The molecule has 0 saturated carbocycles. The number of thiophene rings is 1. The highest BCUT2D eigenvalue weighted by molar-refractivity contribution is 7.10. The van der Waals surface area contributed by atoms with Crippen LogP contribution in [0.3, 0.4) is 0 Å². The van der Waals surface area contributed by atoms with Gasteiger partial charge in [0.2, 0.25) is 0 Å². The first-order valence-electron chi connectivity index (χ1n) is 6.47. The van der Waals surface area contributed by atoms with E-state index in [4.69, 9.17) is 4.74 Å². The summed E-state index contributed by atoms with van der Waals surface area (Å²) in [4.78, 5) is 5.66. The van der Waals surface area contributed by atoms with Crippen LogP contribution in [0.5, 0.6) is 5.75 Å². The lowest BCUT2D eigenvalue weighted by molar-refractivity contribution is 0.416. The van der Waals surface area contributed by atoms with Gasteiger partial charge in [-0.3, -0.25) is 4.98 Å². The van der Waals surface area contributed by atoms with E-state index in [0.717, 1.165) is 11.3 Å². The van der Waals surface area contributed by atoms with Crippen molar-refractivity contribution < 1.29 is 4.74 Å². The van der Waals surface area contributed by atoms with Crippen LogP contribution in [-0.4, -0.2) is 19.1 Å². The van der Waals surface area contributed by atoms with Gasteiger partial charge >= 0.3 is 0 Å². The first-order valence-corrected chi connectivity index (χ1v) is 7.35. The van der Waals surface area contributed by atoms with E-state index in [9.17, 15) is 0 Å². The van der Waals surface area contributed by atoms with Crippen LogP contribution in [0.1, 0.15) is 16.5 Å². The summed E-state index contributed by atoms with van der Waals surface area (Å²) >= 11 is 1.70. The van der Waals surface area contributed by atoms with E-state index in [-0.39, 0.29) is 6.04 Å². The Labute approximate surface area is 122 Å². The molecule has 0 spiro atoms. The van der Waals surface area contributed by atoms with Gasteiger partial charge in [0, 0.05) is 21.8 Å². The Morgan fingerprint density at radius 2 is 2.15 bits per heavy atom. The van der Waals surface area contributed by atoms with E-state index in [0.29, 0.717) is 0 Å². The molecule has 1 unspecified atom stereocenters. The van der Waals surface area contributed by atoms with E-state index >= 15 is 0 Å². The number of nitrogens with one attached hydrogen (secondary N) is 1. The minimum atomic E-state index is 0.150. The Morgan fingerprint density at radius 1 is 1.25 bits per heavy atom. The zero-order valence-corrected chi connectivity index (χ0v) is 12.3. The topological polar surface area (TPSA) is 34.1 Å². The molecule has 102 valence electrons. The van der Waals surface area contributed by atoms with Crippen molar-refractivity contribution in [3.8, 4) is 5.75 Å². The van der Waals surface area contributed by atoms with E-state index < -0.39 is 0 Å². The predicted molar refractivity (Wildman–Crippen MR) is 83.5 cm³/mol. The van der Waals surface area contributed by atoms with Crippen LogP contribution < -0.4 is 10.1 Å². The second-order valence-corrected chi connectivity index (χ2v) is 5.47. The highest BCUT2D eigenvalue weighted by Crippen LogP contribution is 2.33. The van der Waals surface area contributed by atoms with Crippen LogP contribution in [0.25, 0.3) is 10.9 Å². The first-order chi connectivity index (χ1) is 9.83. The Kier molecular flexibility index (Phi) is 3.67. The molecule has 0 aliphatic rings. The van der Waals surface area contributed by atoms with Crippen molar-refractivity contribution in [2.45, 2.75) is 6.04 Å². The number of hydrogen-bond acceptors (Lipinski definition) is 4. The molecule has 0 radical (unpaired) electrons. The number of benzene rings is 1. The molecule has 0 saturated heterocycles. The summed E-state index contributed by atoms with van der Waals surface area (Å²) in [6.45, 7) is 0. The molecular weight excluding hydrogens is 268 g/mol. The van der Waals surface area contributed by atoms with Crippen LogP contribution in [0.15, 0.2) is 48.0 Å². The molecule has 4 heteroatoms. The fourth-order valence-electron chi connectivity index (χ4n) is 2.42. The van der Waals surface area contributed by atoms with Crippen LogP contribution in [-0.2, 0) is 0 Å². The fraction of sp³-hybridized carbons (Fsp3) is 0.188. The van der Waals surface area contributed by atoms with Crippen LogP contribution in [0.2, 0.25) is 0 Å². The molecule has 2 aromatic heterocycles. The Balaban J connectivity index is 2.11. The minimum Gasteiger partial charge on any atom is -0.496 e. The monoisotopic (exact) mass is 284 g/mol. The summed E-state index contributed by atoms with van der Waals surface area (Å²) in [5.74, 6) is 0.906. The minimum absolute atomic E-state index is 0.150. The average molecular weight is 284 g/mol. The molecular formula is C16H16N2OS. The van der Waals surface area contributed by atoms with E-state index in [1.54, 1.807) is 18.4 Å². The summed E-state index contributed by atoms with van der Waals surface area (Å²) in [5.41, 5.74) is 2.26. The number of methoxy groups -OCH3 is 1. The maximum absolute atomic E-state index is 5.28. The molecule has 0 bridgehead atoms. The SMILES string of the molecule is CNC(c1cc(OC)cs1)c1cccc2ncccc12. The van der Waals surface area contributed by atoms with Crippen molar-refractivity contribution in [3.63, 3.8) is 0 Å². The summed E-state index contributed by atoms with van der Waals surface area (Å²) < 4.78 is 5.28. The van der Waals surface area contributed by atoms with Crippen molar-refractivity contribution in [2.75, 3.05) is 14.2 Å². The molecule has 3 rings (SSSR count). The van der Waals surface area contributed by atoms with Gasteiger partial charge in [-0.25, -0.2) is 0 Å². The molecule has 20 heavy (non-hydrogen) atoms. The summed E-state index contributed by atoms with van der Waals surface area (Å²) in [7, 11) is 3.67. The third-order valence-electron chi connectivity index (χ3n) is 3.39. The van der Waals surface area contributed by atoms with Gasteiger partial charge in [0.05, 0.1) is 18.7 Å². The average Bonchev–Trinajstić information content (AvgIpc) is 2.97. The van der Waals surface area contributed by atoms with Gasteiger partial charge in [-0.15, -0.1) is 11.3 Å². The molecule has 1 N–H and O–H groups in total. The van der Waals surface area contributed by atoms with Crippen LogP contribution in [0, 0.1) is 0 Å². The quantitative estimate of drug-likeness (QED) is 0.794. The number of aromatic nitrogens is 1. The summed E-state index contributed by atoms with van der Waals surface area (Å²) in [6, 6.07) is 12.6. The lowest BCUT2D eigenvalue weighted by atomic mass is 10.00. The molecule has 2 heterocycles. The molecule has 1 aromatic carbocycles. The largest absolute Gasteiger partial charge is 0.496 e. The normalized spacial score (nSPS) is 12.5. The molecule has 0 amide bonds. The van der Waals surface area contributed by atoms with Gasteiger partial charge < -0.3 is 10.1 Å². The van der Waals surface area contributed by atoms with Crippen molar-refractivity contribution in [1.29, 1.82) is 0 Å². The van der Waals surface area contributed by atoms with Crippen molar-refractivity contribution >= 4 is 22.2 Å². The number of ether oxygens (including phenoxy) is 1. The van der Waals surface area contributed by atoms with Gasteiger partial charge in [0.15, 0.2) is 0 Å². The molecule has 3 aromatic rings. The van der Waals surface area contributed by atoms with Gasteiger partial charge in [-0.05, 0) is 30.8 Å². The predicted octanol–water partition coefficient (Wildman–Crippen LogP) is 3.61. The Morgan fingerprint density at radius 3 is 2.90 bits per heavy atom. The number of hydrogen-bond donors (Lipinski definition) is 1. The van der Waals surface area contributed by atoms with Crippen molar-refractivity contribution in [2.24, 2.45) is 0 Å². The highest BCUT2D eigenvalue weighted by Gasteiger charge is 2.17. The Hall–Kier alpha value is -1.91. The third kappa shape index (κ3) is 2.28. The first kappa shape index (κ1) is 13.1. The third-order valence-corrected chi connectivity index (χ3v) is 4.37. The summed E-state index contributed by atoms with van der Waals surface area (Å²) in [6.07, 6.45) is 1.83. The van der Waals surface area contributed by atoms with Gasteiger partial charge in [0.1, 0.15) is 5.75 Å². The maximum Gasteiger partial charge on any atom is 0.129 e. The molecule has 0 aliphatic heterocycles. The van der Waals surface area contributed by atoms with Crippen molar-refractivity contribution in [3.05, 3.63) is 58.4 Å². The Bertz CT molecular complexity index is 718. The summed E-state index contributed by atoms with van der Waals surface area (Å²) in [5, 5.41) is 6.60. The molecule has 3 nitrogen and oxygen atoms in total. The van der Waals surface area contributed by atoms with E-state index in [2.05, 4.69) is 34.6 Å². The molecule has 0 aliphatic carbocycles. The van der Waals surface area contributed by atoms with Gasteiger partial charge in [-0.1, -0.05) is 18.2 Å². The van der Waals surface area contributed by atoms with Crippen molar-refractivity contribution in [1.82, 2.24) is 10.3 Å². The molecule has 0 fully saturated rings.